The van der Waals surface area contributed by atoms with E-state index in [-0.39, 0.29) is 0 Å². The molecule has 0 fully saturated rings. The van der Waals surface area contributed by atoms with Gasteiger partial charge in [-0.15, -0.1) is 0 Å². The number of halogens is 8. The van der Waals surface area contributed by atoms with Gasteiger partial charge in [-0.2, -0.15) is 26.3 Å². The van der Waals surface area contributed by atoms with Crippen molar-refractivity contribution in [1.29, 1.82) is 0 Å². The lowest BCUT2D eigenvalue weighted by atomic mass is 9.73. The number of alkyl halides is 6. The van der Waals surface area contributed by atoms with Crippen molar-refractivity contribution >= 4 is 0 Å². The number of hydrogen-bond donors (Lipinski definition) is 4. The molecule has 4 N–H and O–H groups in total. The molecule has 4 aromatic carbocycles. The molecule has 0 saturated heterocycles. The predicted molar refractivity (Wildman–Crippen MR) is 124 cm³/mol. The Morgan fingerprint density at radius 3 is 1.00 bits per heavy atom. The summed E-state index contributed by atoms with van der Waals surface area (Å²) < 4.78 is 108. The maximum Gasteiger partial charge on any atom is 0.411 e. The summed E-state index contributed by atoms with van der Waals surface area (Å²) in [6.45, 7) is 0. The van der Waals surface area contributed by atoms with Crippen molar-refractivity contribution in [2.24, 2.45) is 0 Å². The van der Waals surface area contributed by atoms with E-state index in [1.54, 1.807) is 0 Å². The molecule has 39 heavy (non-hydrogen) atoms. The largest absolute Gasteiger partial charge is 0.508 e. The van der Waals surface area contributed by atoms with Crippen molar-refractivity contribution in [3.05, 3.63) is 108 Å². The Morgan fingerprint density at radius 1 is 0.436 bits per heavy atom. The van der Waals surface area contributed by atoms with Crippen LogP contribution >= 0.6 is 0 Å². The van der Waals surface area contributed by atoms with Crippen LogP contribution in [0.15, 0.2) is 84.9 Å². The summed E-state index contributed by atoms with van der Waals surface area (Å²) in [5.41, 5.74) is -5.59. The third-order valence-corrected chi connectivity index (χ3v) is 5.68. The number of phenols is 4. The maximum absolute atomic E-state index is 13.6. The van der Waals surface area contributed by atoms with Gasteiger partial charge in [0.05, 0.1) is 0 Å². The molecule has 0 unspecified atom stereocenters. The van der Waals surface area contributed by atoms with Gasteiger partial charge < -0.3 is 20.4 Å². The zero-order chi connectivity index (χ0) is 29.2. The Labute approximate surface area is 215 Å². The molecule has 0 aliphatic rings. The lowest BCUT2D eigenvalue weighted by Crippen LogP contribution is -2.54. The lowest BCUT2D eigenvalue weighted by molar-refractivity contribution is -0.288. The van der Waals surface area contributed by atoms with Gasteiger partial charge in [0.25, 0.3) is 0 Å². The summed E-state index contributed by atoms with van der Waals surface area (Å²) in [6.07, 6.45) is -11.4. The fraction of sp³-hybridized carbons (Fsp3) is 0.111. The molecule has 0 spiro atoms. The molecule has 12 heteroatoms. The van der Waals surface area contributed by atoms with E-state index in [0.717, 1.165) is 36.4 Å². The Morgan fingerprint density at radius 2 is 0.744 bits per heavy atom. The maximum atomic E-state index is 13.6. The van der Waals surface area contributed by atoms with Gasteiger partial charge in [0.1, 0.15) is 11.5 Å². The smallest absolute Gasteiger partial charge is 0.411 e. The van der Waals surface area contributed by atoms with Crippen LogP contribution in [0.5, 0.6) is 23.0 Å². The summed E-state index contributed by atoms with van der Waals surface area (Å²) in [4.78, 5) is 0. The third kappa shape index (κ3) is 5.84. The molecular formula is C27H18F8O4. The molecule has 0 aromatic heterocycles. The van der Waals surface area contributed by atoms with E-state index in [4.69, 9.17) is 20.4 Å². The van der Waals surface area contributed by atoms with E-state index in [2.05, 4.69) is 0 Å². The second kappa shape index (κ2) is 10.7. The normalized spacial score (nSPS) is 12.0. The van der Waals surface area contributed by atoms with Crippen LogP contribution in [-0.2, 0) is 5.41 Å². The van der Waals surface area contributed by atoms with E-state index < -0.39 is 63.5 Å². The average Bonchev–Trinajstić information content (AvgIpc) is 2.84. The highest BCUT2D eigenvalue weighted by molar-refractivity contribution is 5.65. The van der Waals surface area contributed by atoms with Crippen molar-refractivity contribution < 1.29 is 55.5 Å². The van der Waals surface area contributed by atoms with Crippen LogP contribution in [-0.4, -0.2) is 32.8 Å². The topological polar surface area (TPSA) is 80.9 Å². The van der Waals surface area contributed by atoms with E-state index >= 15 is 0 Å². The van der Waals surface area contributed by atoms with Gasteiger partial charge in [0, 0.05) is 0 Å². The van der Waals surface area contributed by atoms with Crippen LogP contribution in [0.3, 0.4) is 0 Å². The van der Waals surface area contributed by atoms with Crippen LogP contribution in [0.25, 0.3) is 11.1 Å². The van der Waals surface area contributed by atoms with E-state index in [1.807, 2.05) is 0 Å². The van der Waals surface area contributed by atoms with Crippen molar-refractivity contribution in [3.63, 3.8) is 0 Å². The SMILES string of the molecule is Oc1ccc(-c2ccc(O)c(F)c2)cc1F.Oc1ccc(C(c2ccc(O)cc2)(C(F)(F)F)C(F)(F)F)cc1. The minimum Gasteiger partial charge on any atom is -0.508 e. The highest BCUT2D eigenvalue weighted by atomic mass is 19.4. The molecule has 0 heterocycles. The molecule has 4 rings (SSSR count). The Bertz CT molecular complexity index is 1320. The quantitative estimate of drug-likeness (QED) is 0.196. The first-order valence-electron chi connectivity index (χ1n) is 10.8. The molecule has 0 aliphatic carbocycles. The Hall–Kier alpha value is -4.48. The van der Waals surface area contributed by atoms with Crippen molar-refractivity contribution in [2.75, 3.05) is 0 Å². The first kappa shape index (κ1) is 29.1. The van der Waals surface area contributed by atoms with E-state index in [9.17, 15) is 35.1 Å². The van der Waals surface area contributed by atoms with Gasteiger partial charge in [-0.25, -0.2) is 8.78 Å². The van der Waals surface area contributed by atoms with Crippen LogP contribution in [0.1, 0.15) is 11.1 Å². The summed E-state index contributed by atoms with van der Waals surface area (Å²) in [6, 6.07) is 12.8. The van der Waals surface area contributed by atoms with Gasteiger partial charge in [-0.1, -0.05) is 36.4 Å². The Kier molecular flexibility index (Phi) is 7.99. The Balaban J connectivity index is 0.000000230. The molecule has 0 radical (unpaired) electrons. The molecular weight excluding hydrogens is 540 g/mol. The molecule has 0 atom stereocenters. The fourth-order valence-electron chi connectivity index (χ4n) is 3.78. The molecule has 0 saturated carbocycles. The first-order valence-corrected chi connectivity index (χ1v) is 10.8. The molecule has 4 aromatic rings. The van der Waals surface area contributed by atoms with Crippen LogP contribution in [0, 0.1) is 11.6 Å². The number of benzene rings is 4. The summed E-state index contributed by atoms with van der Waals surface area (Å²) in [5.74, 6) is -3.38. The monoisotopic (exact) mass is 558 g/mol. The van der Waals surface area contributed by atoms with Gasteiger partial charge in [0.2, 0.25) is 5.41 Å². The van der Waals surface area contributed by atoms with Gasteiger partial charge in [0.15, 0.2) is 23.1 Å². The molecule has 0 aliphatic heterocycles. The average molecular weight is 558 g/mol. The van der Waals surface area contributed by atoms with Crippen molar-refractivity contribution in [2.45, 2.75) is 17.8 Å². The van der Waals surface area contributed by atoms with Crippen molar-refractivity contribution in [1.82, 2.24) is 0 Å². The van der Waals surface area contributed by atoms with Gasteiger partial charge in [-0.3, -0.25) is 0 Å². The second-order valence-corrected chi connectivity index (χ2v) is 8.17. The second-order valence-electron chi connectivity index (χ2n) is 8.17. The summed E-state index contributed by atoms with van der Waals surface area (Å²) in [5, 5.41) is 36.3. The minimum atomic E-state index is -5.70. The van der Waals surface area contributed by atoms with E-state index in [1.165, 1.54) is 24.3 Å². The number of phenolic OH excluding ortho intramolecular Hbond substituents is 4. The lowest BCUT2D eigenvalue weighted by Gasteiger charge is -2.38. The highest BCUT2D eigenvalue weighted by Gasteiger charge is 2.72. The molecule has 4 nitrogen and oxygen atoms in total. The van der Waals surface area contributed by atoms with Crippen molar-refractivity contribution in [3.8, 4) is 34.1 Å². The molecule has 0 bridgehead atoms. The van der Waals surface area contributed by atoms with Crippen LogP contribution < -0.4 is 0 Å². The van der Waals surface area contributed by atoms with Crippen LogP contribution in [0.4, 0.5) is 35.1 Å². The number of hydrogen-bond acceptors (Lipinski definition) is 4. The zero-order valence-electron chi connectivity index (χ0n) is 19.4. The number of aromatic hydroxyl groups is 4. The van der Waals surface area contributed by atoms with E-state index in [0.29, 0.717) is 35.4 Å². The zero-order valence-corrected chi connectivity index (χ0v) is 19.4. The summed E-state index contributed by atoms with van der Waals surface area (Å²) >= 11 is 0. The fourth-order valence-corrected chi connectivity index (χ4v) is 3.78. The standard InChI is InChI=1S/C15H10F6O2.C12H8F2O2/c16-14(17,18)13(15(19,20)21,9-1-5-11(22)6-2-9)10-3-7-12(23)8-4-10;13-9-5-7(1-3-11(9)15)8-2-4-12(16)10(14)6-8/h1-8,22-23H;1-6,15-16H. The van der Waals surface area contributed by atoms with Gasteiger partial charge >= 0.3 is 12.4 Å². The first-order chi connectivity index (χ1) is 18.1. The third-order valence-electron chi connectivity index (χ3n) is 5.68. The molecule has 206 valence electrons. The summed E-state index contributed by atoms with van der Waals surface area (Å²) in [7, 11) is 0. The predicted octanol–water partition coefficient (Wildman–Crippen LogP) is 7.55. The molecule has 0 amide bonds. The van der Waals surface area contributed by atoms with Gasteiger partial charge in [-0.05, 0) is 70.8 Å². The van der Waals surface area contributed by atoms with Crippen LogP contribution in [0.2, 0.25) is 0 Å². The number of rotatable bonds is 3. The minimum absolute atomic E-state index is 0.425. The highest BCUT2D eigenvalue weighted by Crippen LogP contribution is 2.56.